The van der Waals surface area contributed by atoms with Crippen LogP contribution in [0.15, 0.2) is 48.5 Å². The summed E-state index contributed by atoms with van der Waals surface area (Å²) in [6, 6.07) is 12.1. The topological polar surface area (TPSA) is 95.9 Å². The number of aromatic carboxylic acids is 1. The summed E-state index contributed by atoms with van der Waals surface area (Å²) in [5.41, 5.74) is 0.929. The van der Waals surface area contributed by atoms with E-state index in [9.17, 15) is 14.4 Å². The first kappa shape index (κ1) is 16.5. The van der Waals surface area contributed by atoms with E-state index in [2.05, 4.69) is 5.32 Å². The van der Waals surface area contributed by atoms with Crippen molar-refractivity contribution in [2.24, 2.45) is 0 Å². The predicted octanol–water partition coefficient (Wildman–Crippen LogP) is 2.14. The number of hydrogen-bond acceptors (Lipinski definition) is 5. The lowest BCUT2D eigenvalue weighted by atomic mass is 10.2. The fourth-order valence-corrected chi connectivity index (χ4v) is 2.71. The van der Waals surface area contributed by atoms with Gasteiger partial charge in [0.05, 0.1) is 24.8 Å². The Bertz CT molecular complexity index is 849. The maximum atomic E-state index is 12.6. The molecule has 2 aromatic carbocycles. The molecular formula is C18H16N2O5. The molecule has 1 atom stereocenters. The molecule has 0 bridgehead atoms. The number of anilines is 2. The third kappa shape index (κ3) is 3.30. The monoisotopic (exact) mass is 340 g/mol. The number of nitrogens with one attached hydrogen (secondary N) is 1. The lowest BCUT2D eigenvalue weighted by Gasteiger charge is -2.16. The van der Waals surface area contributed by atoms with Gasteiger partial charge in [-0.1, -0.05) is 12.1 Å². The Morgan fingerprint density at radius 1 is 1.20 bits per heavy atom. The highest BCUT2D eigenvalue weighted by atomic mass is 16.5. The van der Waals surface area contributed by atoms with Gasteiger partial charge in [0.1, 0.15) is 11.8 Å². The second-order valence-corrected chi connectivity index (χ2v) is 5.56. The van der Waals surface area contributed by atoms with Gasteiger partial charge in [-0.3, -0.25) is 9.59 Å². The summed E-state index contributed by atoms with van der Waals surface area (Å²) in [4.78, 5) is 37.0. The van der Waals surface area contributed by atoms with Crippen LogP contribution in [-0.2, 0) is 9.59 Å². The third-order valence-electron chi connectivity index (χ3n) is 3.91. The summed E-state index contributed by atoms with van der Waals surface area (Å²) in [6.07, 6.45) is -0.00661. The van der Waals surface area contributed by atoms with Crippen LogP contribution in [0, 0.1) is 0 Å². The normalized spacial score (nSPS) is 16.8. The molecule has 1 aliphatic heterocycles. The molecule has 1 saturated heterocycles. The molecule has 1 aliphatic rings. The Morgan fingerprint density at radius 3 is 2.68 bits per heavy atom. The Labute approximate surface area is 143 Å². The van der Waals surface area contributed by atoms with Crippen LogP contribution < -0.4 is 15.0 Å². The van der Waals surface area contributed by atoms with E-state index in [4.69, 9.17) is 9.84 Å². The first-order valence-electron chi connectivity index (χ1n) is 7.60. The van der Waals surface area contributed by atoms with Crippen molar-refractivity contribution in [2.75, 3.05) is 17.3 Å². The minimum atomic E-state index is -1.12. The number of carbonyl (C=O) groups excluding carboxylic acids is 2. The highest BCUT2D eigenvalue weighted by Crippen LogP contribution is 2.26. The lowest BCUT2D eigenvalue weighted by Crippen LogP contribution is -2.34. The van der Waals surface area contributed by atoms with E-state index in [1.807, 2.05) is 0 Å². The zero-order chi connectivity index (χ0) is 18.0. The minimum Gasteiger partial charge on any atom is -0.497 e. The number of benzene rings is 2. The first-order chi connectivity index (χ1) is 12.0. The van der Waals surface area contributed by atoms with Crippen molar-refractivity contribution in [3.05, 3.63) is 54.1 Å². The molecule has 0 spiro atoms. The van der Waals surface area contributed by atoms with Gasteiger partial charge in [0, 0.05) is 11.8 Å². The third-order valence-corrected chi connectivity index (χ3v) is 3.91. The van der Waals surface area contributed by atoms with Gasteiger partial charge in [-0.05, 0) is 30.3 Å². The number of ether oxygens (including phenoxy) is 1. The molecule has 1 fully saturated rings. The van der Waals surface area contributed by atoms with Gasteiger partial charge >= 0.3 is 5.97 Å². The fourth-order valence-electron chi connectivity index (χ4n) is 2.71. The van der Waals surface area contributed by atoms with E-state index < -0.39 is 17.9 Å². The Balaban J connectivity index is 1.82. The molecule has 3 rings (SSSR count). The molecule has 7 nitrogen and oxygen atoms in total. The highest BCUT2D eigenvalue weighted by Gasteiger charge is 2.39. The second-order valence-electron chi connectivity index (χ2n) is 5.56. The molecular weight excluding hydrogens is 324 g/mol. The largest absolute Gasteiger partial charge is 0.497 e. The molecule has 2 N–H and O–H groups in total. The Kier molecular flexibility index (Phi) is 4.38. The van der Waals surface area contributed by atoms with Gasteiger partial charge in [-0.2, -0.15) is 0 Å². The SMILES string of the molecule is COc1cccc(N[C@@H]2CC(=O)N(c3cccc(C(=O)O)c3)C2=O)c1. The number of imide groups is 1. The van der Waals surface area contributed by atoms with Gasteiger partial charge < -0.3 is 15.2 Å². The van der Waals surface area contributed by atoms with Crippen LogP contribution in [0.2, 0.25) is 0 Å². The zero-order valence-electron chi connectivity index (χ0n) is 13.4. The van der Waals surface area contributed by atoms with Crippen molar-refractivity contribution in [2.45, 2.75) is 12.5 Å². The summed E-state index contributed by atoms with van der Waals surface area (Å²) < 4.78 is 5.14. The summed E-state index contributed by atoms with van der Waals surface area (Å²) in [6.45, 7) is 0. The van der Waals surface area contributed by atoms with Crippen molar-refractivity contribution in [3.8, 4) is 5.75 Å². The van der Waals surface area contributed by atoms with E-state index in [0.29, 0.717) is 11.4 Å². The van der Waals surface area contributed by atoms with Crippen LogP contribution in [-0.4, -0.2) is 36.0 Å². The average Bonchev–Trinajstić information content (AvgIpc) is 2.88. The van der Waals surface area contributed by atoms with E-state index >= 15 is 0 Å². The van der Waals surface area contributed by atoms with Crippen molar-refractivity contribution in [1.82, 2.24) is 0 Å². The number of carboxylic acid groups (broad SMARTS) is 1. The molecule has 128 valence electrons. The maximum Gasteiger partial charge on any atom is 0.335 e. The maximum absolute atomic E-state index is 12.6. The summed E-state index contributed by atoms with van der Waals surface area (Å²) in [7, 11) is 1.54. The van der Waals surface area contributed by atoms with Gasteiger partial charge in [0.25, 0.3) is 5.91 Å². The number of hydrogen-bond donors (Lipinski definition) is 2. The summed E-state index contributed by atoms with van der Waals surface area (Å²) >= 11 is 0. The van der Waals surface area contributed by atoms with Crippen molar-refractivity contribution in [1.29, 1.82) is 0 Å². The average molecular weight is 340 g/mol. The Hall–Kier alpha value is -3.35. The van der Waals surface area contributed by atoms with E-state index in [0.717, 1.165) is 4.90 Å². The molecule has 0 unspecified atom stereocenters. The molecule has 1 heterocycles. The minimum absolute atomic E-state index is 0.00661. The predicted molar refractivity (Wildman–Crippen MR) is 90.9 cm³/mol. The number of carboxylic acids is 1. The van der Waals surface area contributed by atoms with Gasteiger partial charge in [-0.15, -0.1) is 0 Å². The number of nitrogens with zero attached hydrogens (tertiary/aromatic N) is 1. The molecule has 2 amide bonds. The second kappa shape index (κ2) is 6.64. The van der Waals surface area contributed by atoms with E-state index in [1.165, 1.54) is 24.3 Å². The van der Waals surface area contributed by atoms with Crippen LogP contribution in [0.3, 0.4) is 0 Å². The standard InChI is InChI=1S/C18H16N2O5/c1-25-14-7-3-5-12(9-14)19-15-10-16(21)20(17(15)22)13-6-2-4-11(8-13)18(23)24/h2-9,15,19H,10H2,1H3,(H,23,24)/t15-/m1/s1. The zero-order valence-corrected chi connectivity index (χ0v) is 13.4. The number of methoxy groups -OCH3 is 1. The molecule has 0 aliphatic carbocycles. The van der Waals surface area contributed by atoms with Crippen LogP contribution >= 0.6 is 0 Å². The van der Waals surface area contributed by atoms with Crippen LogP contribution in [0.25, 0.3) is 0 Å². The molecule has 25 heavy (non-hydrogen) atoms. The van der Waals surface area contributed by atoms with Crippen molar-refractivity contribution >= 4 is 29.2 Å². The molecule has 2 aromatic rings. The molecule has 0 saturated carbocycles. The summed E-state index contributed by atoms with van der Waals surface area (Å²) in [5.74, 6) is -1.29. The number of amides is 2. The van der Waals surface area contributed by atoms with E-state index in [1.54, 1.807) is 31.4 Å². The number of carbonyl (C=O) groups is 3. The first-order valence-corrected chi connectivity index (χ1v) is 7.60. The van der Waals surface area contributed by atoms with Crippen LogP contribution in [0.5, 0.6) is 5.75 Å². The molecule has 7 heteroatoms. The van der Waals surface area contributed by atoms with Crippen LogP contribution in [0.4, 0.5) is 11.4 Å². The van der Waals surface area contributed by atoms with E-state index in [-0.39, 0.29) is 23.6 Å². The van der Waals surface area contributed by atoms with Crippen LogP contribution in [0.1, 0.15) is 16.8 Å². The lowest BCUT2D eigenvalue weighted by molar-refractivity contribution is -0.121. The van der Waals surface area contributed by atoms with Crippen molar-refractivity contribution < 1.29 is 24.2 Å². The Morgan fingerprint density at radius 2 is 1.96 bits per heavy atom. The quantitative estimate of drug-likeness (QED) is 0.810. The van der Waals surface area contributed by atoms with Gasteiger partial charge in [-0.25, -0.2) is 9.69 Å². The summed E-state index contributed by atoms with van der Waals surface area (Å²) in [5, 5.41) is 12.1. The smallest absolute Gasteiger partial charge is 0.335 e. The molecule has 0 aromatic heterocycles. The molecule has 0 radical (unpaired) electrons. The van der Waals surface area contributed by atoms with Gasteiger partial charge in [0.15, 0.2) is 0 Å². The number of rotatable bonds is 5. The van der Waals surface area contributed by atoms with Crippen molar-refractivity contribution in [3.63, 3.8) is 0 Å². The fraction of sp³-hybridized carbons (Fsp3) is 0.167. The highest BCUT2D eigenvalue weighted by molar-refractivity contribution is 6.23. The van der Waals surface area contributed by atoms with Gasteiger partial charge in [0.2, 0.25) is 5.91 Å².